The molecule has 0 heterocycles. The van der Waals surface area contributed by atoms with Gasteiger partial charge in [0.25, 0.3) is 0 Å². The van der Waals surface area contributed by atoms with Crippen molar-refractivity contribution in [3.05, 3.63) is 0 Å². The van der Waals surface area contributed by atoms with Gasteiger partial charge in [0, 0.05) is 6.42 Å². The highest BCUT2D eigenvalue weighted by Gasteiger charge is 2.17. The van der Waals surface area contributed by atoms with Crippen LogP contribution >= 0.6 is 11.8 Å². The van der Waals surface area contributed by atoms with Crippen molar-refractivity contribution in [2.24, 2.45) is 5.73 Å². The topological polar surface area (TPSA) is 80.4 Å². The van der Waals surface area contributed by atoms with Gasteiger partial charge in [-0.1, -0.05) is 13.8 Å². The Labute approximate surface area is 76.5 Å². The number of thioether (sulfide) groups is 1. The van der Waals surface area contributed by atoms with Gasteiger partial charge in [-0.05, 0) is 6.26 Å². The molecule has 0 aliphatic heterocycles. The lowest BCUT2D eigenvalue weighted by atomic mass is 10.3. The van der Waals surface area contributed by atoms with Crippen LogP contribution in [-0.4, -0.2) is 28.5 Å². The van der Waals surface area contributed by atoms with Crippen molar-refractivity contribution < 1.29 is 14.7 Å². The van der Waals surface area contributed by atoms with E-state index in [-0.39, 0.29) is 6.42 Å². The van der Waals surface area contributed by atoms with E-state index < -0.39 is 17.1 Å². The van der Waals surface area contributed by atoms with E-state index in [1.807, 2.05) is 13.8 Å². The van der Waals surface area contributed by atoms with Gasteiger partial charge >= 0.3 is 5.97 Å². The molecule has 0 spiro atoms. The lowest BCUT2D eigenvalue weighted by Gasteiger charge is -2.04. The fourth-order valence-corrected chi connectivity index (χ4v) is 0.987. The van der Waals surface area contributed by atoms with Gasteiger partial charge < -0.3 is 10.8 Å². The maximum atomic E-state index is 10.2. The average Bonchev–Trinajstić information content (AvgIpc) is 2.03. The van der Waals surface area contributed by atoms with Crippen LogP contribution in [0.5, 0.6) is 0 Å². The molecule has 1 amide bonds. The monoisotopic (exact) mass is 193 g/mol. The summed E-state index contributed by atoms with van der Waals surface area (Å²) in [7, 11) is 0. The normalized spacial score (nSPS) is 10.9. The van der Waals surface area contributed by atoms with Crippen molar-refractivity contribution in [2.75, 3.05) is 6.26 Å². The Morgan fingerprint density at radius 2 is 1.92 bits per heavy atom. The third-order valence-corrected chi connectivity index (χ3v) is 1.88. The number of carbonyl (C=O) groups is 2. The Balaban J connectivity index is 0. The summed E-state index contributed by atoms with van der Waals surface area (Å²) in [5.74, 6) is -1.58. The van der Waals surface area contributed by atoms with Crippen LogP contribution in [0, 0.1) is 0 Å². The summed E-state index contributed by atoms with van der Waals surface area (Å²) < 4.78 is 0. The number of rotatable bonds is 4. The fourth-order valence-electron chi connectivity index (χ4n) is 0.454. The first-order valence-corrected chi connectivity index (χ1v) is 4.90. The van der Waals surface area contributed by atoms with Crippen LogP contribution in [0.2, 0.25) is 0 Å². The van der Waals surface area contributed by atoms with E-state index in [1.165, 1.54) is 0 Å². The van der Waals surface area contributed by atoms with E-state index in [1.54, 1.807) is 6.26 Å². The molecule has 3 N–H and O–H groups in total. The molecule has 0 aliphatic carbocycles. The van der Waals surface area contributed by atoms with Crippen LogP contribution < -0.4 is 5.73 Å². The van der Waals surface area contributed by atoms with Crippen molar-refractivity contribution in [1.82, 2.24) is 0 Å². The number of hydrogen-bond acceptors (Lipinski definition) is 3. The lowest BCUT2D eigenvalue weighted by Crippen LogP contribution is -2.24. The van der Waals surface area contributed by atoms with Gasteiger partial charge in [-0.3, -0.25) is 9.59 Å². The van der Waals surface area contributed by atoms with E-state index in [9.17, 15) is 9.59 Å². The molecule has 1 unspecified atom stereocenters. The van der Waals surface area contributed by atoms with Gasteiger partial charge in [0.1, 0.15) is 5.25 Å². The molecule has 72 valence electrons. The highest BCUT2D eigenvalue weighted by atomic mass is 32.2. The number of carbonyl (C=O) groups excluding carboxylic acids is 1. The summed E-state index contributed by atoms with van der Waals surface area (Å²) in [5.41, 5.74) is 4.79. The summed E-state index contributed by atoms with van der Waals surface area (Å²) in [6, 6.07) is 0. The number of aliphatic carboxylic acids is 1. The second-order valence-corrected chi connectivity index (χ2v) is 2.77. The van der Waals surface area contributed by atoms with E-state index in [4.69, 9.17) is 10.8 Å². The van der Waals surface area contributed by atoms with E-state index in [0.29, 0.717) is 0 Å². The van der Waals surface area contributed by atoms with Crippen molar-refractivity contribution in [2.45, 2.75) is 25.5 Å². The Morgan fingerprint density at radius 1 is 1.50 bits per heavy atom. The molecule has 0 aromatic carbocycles. The van der Waals surface area contributed by atoms with Gasteiger partial charge in [-0.25, -0.2) is 0 Å². The predicted molar refractivity (Wildman–Crippen MR) is 50.1 cm³/mol. The standard InChI is InChI=1S/C5H9NO3S.C2H6/c1-10-3(5(8)9)2-4(6)7;1-2/h3H,2H2,1H3,(H2,6,7)(H,8,9);1-2H3. The first-order valence-electron chi connectivity index (χ1n) is 3.61. The smallest absolute Gasteiger partial charge is 0.317 e. The molecular formula is C7H15NO3S. The molecule has 0 fully saturated rings. The molecule has 0 aromatic rings. The summed E-state index contributed by atoms with van der Waals surface area (Å²) in [4.78, 5) is 20.5. The average molecular weight is 193 g/mol. The van der Waals surface area contributed by atoms with Crippen molar-refractivity contribution in [3.63, 3.8) is 0 Å². The minimum atomic E-state index is -0.994. The van der Waals surface area contributed by atoms with Crippen LogP contribution in [0.1, 0.15) is 20.3 Å². The molecule has 0 saturated carbocycles. The molecule has 0 aromatic heterocycles. The van der Waals surface area contributed by atoms with E-state index >= 15 is 0 Å². The quantitative estimate of drug-likeness (QED) is 0.688. The summed E-state index contributed by atoms with van der Waals surface area (Å²) >= 11 is 1.11. The number of nitrogens with two attached hydrogens (primary N) is 1. The minimum absolute atomic E-state index is 0.101. The second-order valence-electron chi connectivity index (χ2n) is 1.73. The molecule has 12 heavy (non-hydrogen) atoms. The van der Waals surface area contributed by atoms with Crippen molar-refractivity contribution in [1.29, 1.82) is 0 Å². The Kier molecular flexibility index (Phi) is 9.68. The number of primary amides is 1. The highest BCUT2D eigenvalue weighted by molar-refractivity contribution is 7.99. The van der Waals surface area contributed by atoms with Crippen LogP contribution in [0.4, 0.5) is 0 Å². The summed E-state index contributed by atoms with van der Waals surface area (Å²) in [6.07, 6.45) is 1.53. The SMILES string of the molecule is CC.CSC(CC(N)=O)C(=O)O. The first kappa shape index (κ1) is 13.9. The second kappa shape index (κ2) is 8.39. The largest absolute Gasteiger partial charge is 0.480 e. The van der Waals surface area contributed by atoms with Crippen molar-refractivity contribution >= 4 is 23.6 Å². The zero-order chi connectivity index (χ0) is 10.1. The van der Waals surface area contributed by atoms with Gasteiger partial charge in [0.15, 0.2) is 0 Å². The molecule has 0 saturated heterocycles. The van der Waals surface area contributed by atoms with Crippen LogP contribution in [0.15, 0.2) is 0 Å². The highest BCUT2D eigenvalue weighted by Crippen LogP contribution is 2.09. The number of amides is 1. The van der Waals surface area contributed by atoms with Gasteiger partial charge in [-0.2, -0.15) is 0 Å². The maximum absolute atomic E-state index is 10.2. The van der Waals surface area contributed by atoms with Gasteiger partial charge in [-0.15, -0.1) is 11.8 Å². The molecule has 0 rings (SSSR count). The Morgan fingerprint density at radius 3 is 2.00 bits per heavy atom. The zero-order valence-corrected chi connectivity index (χ0v) is 8.35. The molecular weight excluding hydrogens is 178 g/mol. The number of hydrogen-bond donors (Lipinski definition) is 2. The Bertz CT molecular complexity index is 150. The third kappa shape index (κ3) is 7.40. The number of carboxylic acids is 1. The summed E-state index contributed by atoms with van der Waals surface area (Å²) in [6.45, 7) is 4.00. The maximum Gasteiger partial charge on any atom is 0.317 e. The first-order chi connectivity index (χ1) is 5.57. The third-order valence-electron chi connectivity index (χ3n) is 0.947. The Hall–Kier alpha value is -0.710. The van der Waals surface area contributed by atoms with Crippen LogP contribution in [-0.2, 0) is 9.59 Å². The van der Waals surface area contributed by atoms with E-state index in [0.717, 1.165) is 11.8 Å². The zero-order valence-electron chi connectivity index (χ0n) is 7.53. The van der Waals surface area contributed by atoms with Gasteiger partial charge in [0.2, 0.25) is 5.91 Å². The summed E-state index contributed by atoms with van der Waals surface area (Å²) in [5, 5.41) is 7.70. The molecule has 0 bridgehead atoms. The molecule has 0 radical (unpaired) electrons. The molecule has 0 aliphatic rings. The lowest BCUT2D eigenvalue weighted by molar-refractivity contribution is -0.137. The minimum Gasteiger partial charge on any atom is -0.480 e. The molecule has 4 nitrogen and oxygen atoms in total. The molecule has 5 heteroatoms. The number of carboxylic acid groups (broad SMARTS) is 1. The van der Waals surface area contributed by atoms with E-state index in [2.05, 4.69) is 0 Å². The van der Waals surface area contributed by atoms with Crippen LogP contribution in [0.25, 0.3) is 0 Å². The van der Waals surface area contributed by atoms with Crippen LogP contribution in [0.3, 0.4) is 0 Å². The van der Waals surface area contributed by atoms with Crippen molar-refractivity contribution in [3.8, 4) is 0 Å². The molecule has 1 atom stereocenters. The predicted octanol–water partition coefficient (Wildman–Crippen LogP) is 0.704. The fraction of sp³-hybridized carbons (Fsp3) is 0.714. The van der Waals surface area contributed by atoms with Gasteiger partial charge in [0.05, 0.1) is 0 Å².